The molecule has 1 heterocycles. The predicted octanol–water partition coefficient (Wildman–Crippen LogP) is -0.0931. The van der Waals surface area contributed by atoms with E-state index in [0.29, 0.717) is 6.54 Å². The highest BCUT2D eigenvalue weighted by atomic mass is 16.2. The van der Waals surface area contributed by atoms with Crippen LogP contribution in [0.25, 0.3) is 0 Å². The van der Waals surface area contributed by atoms with Crippen molar-refractivity contribution in [3.8, 4) is 0 Å². The Kier molecular flexibility index (Phi) is 4.52. The molecule has 0 radical (unpaired) electrons. The molecule has 0 bridgehead atoms. The number of hydrogen-bond acceptors (Lipinski definition) is 3. The van der Waals surface area contributed by atoms with Crippen molar-refractivity contribution in [1.29, 1.82) is 0 Å². The van der Waals surface area contributed by atoms with Gasteiger partial charge in [0.15, 0.2) is 0 Å². The molecule has 2 amide bonds. The summed E-state index contributed by atoms with van der Waals surface area (Å²) in [6, 6.07) is 8.20. The van der Waals surface area contributed by atoms with Crippen LogP contribution < -0.4 is 10.6 Å². The lowest BCUT2D eigenvalue weighted by Gasteiger charge is -2.29. The van der Waals surface area contributed by atoms with Crippen LogP contribution in [-0.2, 0) is 22.6 Å². The molecule has 0 saturated carbocycles. The van der Waals surface area contributed by atoms with E-state index in [2.05, 4.69) is 22.8 Å². The molecule has 102 valence electrons. The third-order valence-electron chi connectivity index (χ3n) is 3.32. The topological polar surface area (TPSA) is 61.4 Å². The van der Waals surface area contributed by atoms with Gasteiger partial charge in [-0.15, -0.1) is 0 Å². The highest BCUT2D eigenvalue weighted by Gasteiger charge is 2.19. The lowest BCUT2D eigenvalue weighted by atomic mass is 10.00. The van der Waals surface area contributed by atoms with Crippen LogP contribution in [0.3, 0.4) is 0 Å². The van der Waals surface area contributed by atoms with Crippen molar-refractivity contribution in [2.45, 2.75) is 13.0 Å². The minimum absolute atomic E-state index is 0.0402. The van der Waals surface area contributed by atoms with Crippen LogP contribution in [0.4, 0.5) is 0 Å². The number of benzene rings is 1. The number of rotatable bonds is 4. The number of fused-ring (bicyclic) bond motifs is 1. The van der Waals surface area contributed by atoms with Gasteiger partial charge in [-0.1, -0.05) is 24.3 Å². The van der Waals surface area contributed by atoms with Crippen molar-refractivity contribution in [2.75, 3.05) is 26.7 Å². The van der Waals surface area contributed by atoms with E-state index in [1.165, 1.54) is 11.1 Å². The van der Waals surface area contributed by atoms with E-state index < -0.39 is 0 Å². The maximum absolute atomic E-state index is 12.0. The van der Waals surface area contributed by atoms with Gasteiger partial charge in [-0.3, -0.25) is 14.9 Å². The van der Waals surface area contributed by atoms with Crippen LogP contribution in [0.1, 0.15) is 11.1 Å². The van der Waals surface area contributed by atoms with Crippen molar-refractivity contribution in [3.05, 3.63) is 35.4 Å². The highest BCUT2D eigenvalue weighted by molar-refractivity contribution is 5.81. The zero-order chi connectivity index (χ0) is 13.7. The molecule has 1 aliphatic heterocycles. The molecule has 0 spiro atoms. The van der Waals surface area contributed by atoms with Gasteiger partial charge in [0.1, 0.15) is 0 Å². The molecule has 19 heavy (non-hydrogen) atoms. The van der Waals surface area contributed by atoms with Crippen molar-refractivity contribution < 1.29 is 9.59 Å². The molecule has 5 nitrogen and oxygen atoms in total. The van der Waals surface area contributed by atoms with Gasteiger partial charge in [-0.05, 0) is 17.5 Å². The fourth-order valence-corrected chi connectivity index (χ4v) is 2.19. The summed E-state index contributed by atoms with van der Waals surface area (Å²) in [4.78, 5) is 24.9. The van der Waals surface area contributed by atoms with Gasteiger partial charge in [0.2, 0.25) is 11.8 Å². The number of carbonyl (C=O) groups excluding carboxylic acids is 2. The van der Waals surface area contributed by atoms with E-state index in [1.807, 2.05) is 17.0 Å². The summed E-state index contributed by atoms with van der Waals surface area (Å²) in [5, 5.41) is 5.36. The lowest BCUT2D eigenvalue weighted by Crippen LogP contribution is -2.43. The molecular weight excluding hydrogens is 242 g/mol. The number of nitrogens with one attached hydrogen (secondary N) is 2. The molecule has 1 aromatic rings. The molecule has 5 heteroatoms. The SMILES string of the molecule is CNC(=O)CNCC(=O)N1CCc2ccccc2C1. The number of carbonyl (C=O) groups is 2. The first kappa shape index (κ1) is 13.5. The minimum Gasteiger partial charge on any atom is -0.358 e. The number of likely N-dealkylation sites (N-methyl/N-ethyl adjacent to an activating group) is 1. The zero-order valence-electron chi connectivity index (χ0n) is 11.1. The Hall–Kier alpha value is -1.88. The maximum atomic E-state index is 12.0. The van der Waals surface area contributed by atoms with Crippen molar-refractivity contribution in [1.82, 2.24) is 15.5 Å². The number of amides is 2. The van der Waals surface area contributed by atoms with E-state index in [4.69, 9.17) is 0 Å². The summed E-state index contributed by atoms with van der Waals surface area (Å²) < 4.78 is 0. The van der Waals surface area contributed by atoms with Crippen LogP contribution in [0.15, 0.2) is 24.3 Å². The Bertz CT molecular complexity index is 474. The lowest BCUT2D eigenvalue weighted by molar-refractivity contribution is -0.131. The number of nitrogens with zero attached hydrogens (tertiary/aromatic N) is 1. The predicted molar refractivity (Wildman–Crippen MR) is 72.5 cm³/mol. The molecule has 1 aliphatic rings. The van der Waals surface area contributed by atoms with E-state index in [0.717, 1.165) is 13.0 Å². The van der Waals surface area contributed by atoms with Crippen LogP contribution in [0.5, 0.6) is 0 Å². The van der Waals surface area contributed by atoms with Crippen LogP contribution in [-0.4, -0.2) is 43.4 Å². The quantitative estimate of drug-likeness (QED) is 0.796. The van der Waals surface area contributed by atoms with Crippen LogP contribution >= 0.6 is 0 Å². The summed E-state index contributed by atoms with van der Waals surface area (Å²) in [5.74, 6) is -0.0739. The van der Waals surface area contributed by atoms with Crippen LogP contribution in [0, 0.1) is 0 Å². The van der Waals surface area contributed by atoms with Gasteiger partial charge in [0, 0.05) is 20.1 Å². The molecule has 2 N–H and O–H groups in total. The van der Waals surface area contributed by atoms with Gasteiger partial charge >= 0.3 is 0 Å². The minimum atomic E-state index is -0.114. The van der Waals surface area contributed by atoms with Gasteiger partial charge < -0.3 is 10.2 Å². The molecular formula is C14H19N3O2. The molecule has 0 aromatic heterocycles. The first-order valence-corrected chi connectivity index (χ1v) is 6.46. The van der Waals surface area contributed by atoms with E-state index in [9.17, 15) is 9.59 Å². The third kappa shape index (κ3) is 3.54. The molecule has 0 unspecified atom stereocenters. The fraction of sp³-hybridized carbons (Fsp3) is 0.429. The van der Waals surface area contributed by atoms with Gasteiger partial charge in [-0.25, -0.2) is 0 Å². The van der Waals surface area contributed by atoms with E-state index in [-0.39, 0.29) is 24.9 Å². The first-order chi connectivity index (χ1) is 9.20. The molecule has 0 atom stereocenters. The summed E-state index contributed by atoms with van der Waals surface area (Å²) >= 11 is 0. The van der Waals surface area contributed by atoms with Gasteiger partial charge in [0.25, 0.3) is 0 Å². The first-order valence-electron chi connectivity index (χ1n) is 6.46. The Morgan fingerprint density at radius 3 is 2.68 bits per heavy atom. The molecule has 0 aliphatic carbocycles. The van der Waals surface area contributed by atoms with Crippen molar-refractivity contribution in [3.63, 3.8) is 0 Å². The second-order valence-electron chi connectivity index (χ2n) is 4.61. The Morgan fingerprint density at radius 2 is 1.95 bits per heavy atom. The molecule has 0 fully saturated rings. The second kappa shape index (κ2) is 6.33. The average Bonchev–Trinajstić information content (AvgIpc) is 2.46. The normalized spacial score (nSPS) is 13.8. The average molecular weight is 261 g/mol. The molecule has 2 rings (SSSR count). The largest absolute Gasteiger partial charge is 0.358 e. The van der Waals surface area contributed by atoms with Gasteiger partial charge in [-0.2, -0.15) is 0 Å². The monoisotopic (exact) mass is 261 g/mol. The summed E-state index contributed by atoms with van der Waals surface area (Å²) in [6.07, 6.45) is 0.900. The fourth-order valence-electron chi connectivity index (χ4n) is 2.19. The Labute approximate surface area is 113 Å². The van der Waals surface area contributed by atoms with Crippen molar-refractivity contribution in [2.24, 2.45) is 0 Å². The van der Waals surface area contributed by atoms with E-state index in [1.54, 1.807) is 7.05 Å². The van der Waals surface area contributed by atoms with Crippen LogP contribution in [0.2, 0.25) is 0 Å². The summed E-state index contributed by atoms with van der Waals surface area (Å²) in [6.45, 7) is 1.79. The molecule has 1 aromatic carbocycles. The standard InChI is InChI=1S/C14H19N3O2/c1-15-13(18)8-16-9-14(19)17-7-6-11-4-2-3-5-12(11)10-17/h2-5,16H,6-10H2,1H3,(H,15,18). The van der Waals surface area contributed by atoms with Crippen molar-refractivity contribution >= 4 is 11.8 Å². The van der Waals surface area contributed by atoms with Gasteiger partial charge in [0.05, 0.1) is 13.1 Å². The Balaban J connectivity index is 1.83. The summed E-state index contributed by atoms with van der Waals surface area (Å²) in [5.41, 5.74) is 2.54. The zero-order valence-corrected chi connectivity index (χ0v) is 11.1. The van der Waals surface area contributed by atoms with E-state index >= 15 is 0 Å². The third-order valence-corrected chi connectivity index (χ3v) is 3.32. The maximum Gasteiger partial charge on any atom is 0.236 e. The Morgan fingerprint density at radius 1 is 1.21 bits per heavy atom. The smallest absolute Gasteiger partial charge is 0.236 e. The second-order valence-corrected chi connectivity index (χ2v) is 4.61. The molecule has 0 saturated heterocycles. The highest BCUT2D eigenvalue weighted by Crippen LogP contribution is 2.18. The number of hydrogen-bond donors (Lipinski definition) is 2. The summed E-state index contributed by atoms with van der Waals surface area (Å²) in [7, 11) is 1.58.